The second-order valence-corrected chi connectivity index (χ2v) is 3.33. The van der Waals surface area contributed by atoms with E-state index in [-0.39, 0.29) is 16.8 Å². The molecule has 0 saturated heterocycles. The quantitative estimate of drug-likeness (QED) is 0.544. The number of Topliss-reactive ketones (excluding diaryl/α,β-unsaturated/α-hetero) is 1. The number of para-hydroxylation sites is 1. The minimum atomic E-state index is -0.228. The molecule has 0 atom stereocenters. The van der Waals surface area contributed by atoms with Crippen LogP contribution in [-0.2, 0) is 0 Å². The van der Waals surface area contributed by atoms with Crippen LogP contribution < -0.4 is 5.49 Å². The normalized spacial score (nSPS) is 10.5. The van der Waals surface area contributed by atoms with Crippen LogP contribution in [0, 0.1) is 5.41 Å². The van der Waals surface area contributed by atoms with Crippen molar-refractivity contribution >= 4 is 16.7 Å². The standard InChI is InChI=1S/C11H10N2O2/c1-7(14)9-6-8-4-2-3-5-10(8)13(15)11(9)12/h2-6,12,15H,1H3. The van der Waals surface area contributed by atoms with Gasteiger partial charge in [-0.25, -0.2) is 0 Å². The van der Waals surface area contributed by atoms with Gasteiger partial charge in [-0.2, -0.15) is 4.73 Å². The summed E-state index contributed by atoms with van der Waals surface area (Å²) in [6.07, 6.45) is 0. The molecule has 2 N–H and O–H groups in total. The number of fused-ring (bicyclic) bond motifs is 1. The van der Waals surface area contributed by atoms with Gasteiger partial charge in [-0.05, 0) is 19.1 Å². The molecular weight excluding hydrogens is 192 g/mol. The molecule has 0 aliphatic carbocycles. The van der Waals surface area contributed by atoms with E-state index in [4.69, 9.17) is 5.41 Å². The van der Waals surface area contributed by atoms with Crippen molar-refractivity contribution in [3.8, 4) is 0 Å². The number of carbonyl (C=O) groups is 1. The van der Waals surface area contributed by atoms with E-state index in [0.29, 0.717) is 5.52 Å². The Labute approximate surface area is 85.9 Å². The van der Waals surface area contributed by atoms with Gasteiger partial charge in [0.05, 0.1) is 11.1 Å². The molecule has 4 nitrogen and oxygen atoms in total. The van der Waals surface area contributed by atoms with Crippen LogP contribution in [0.15, 0.2) is 30.3 Å². The summed E-state index contributed by atoms with van der Waals surface area (Å²) in [5.41, 5.74) is 0.560. The van der Waals surface area contributed by atoms with Crippen LogP contribution in [0.3, 0.4) is 0 Å². The lowest BCUT2D eigenvalue weighted by atomic mass is 10.1. The zero-order valence-corrected chi connectivity index (χ0v) is 8.19. The zero-order chi connectivity index (χ0) is 11.0. The number of hydrogen-bond acceptors (Lipinski definition) is 3. The van der Waals surface area contributed by atoms with E-state index in [2.05, 4.69) is 0 Å². The number of carbonyl (C=O) groups excluding carboxylic acids is 1. The molecule has 2 aromatic rings. The first-order valence-electron chi connectivity index (χ1n) is 4.51. The summed E-state index contributed by atoms with van der Waals surface area (Å²) >= 11 is 0. The van der Waals surface area contributed by atoms with Gasteiger partial charge in [-0.1, -0.05) is 18.2 Å². The van der Waals surface area contributed by atoms with Crippen molar-refractivity contribution in [2.45, 2.75) is 6.92 Å². The fourth-order valence-corrected chi connectivity index (χ4v) is 1.53. The Morgan fingerprint density at radius 2 is 2.07 bits per heavy atom. The second-order valence-electron chi connectivity index (χ2n) is 3.33. The SMILES string of the molecule is CC(=O)c1cc2ccccc2n(O)c1=N. The first-order chi connectivity index (χ1) is 7.11. The van der Waals surface area contributed by atoms with Gasteiger partial charge in [-0.15, -0.1) is 0 Å². The summed E-state index contributed by atoms with van der Waals surface area (Å²) in [4.78, 5) is 11.2. The first kappa shape index (κ1) is 9.45. The van der Waals surface area contributed by atoms with Crippen molar-refractivity contribution < 1.29 is 10.0 Å². The molecule has 0 radical (unpaired) electrons. The summed E-state index contributed by atoms with van der Waals surface area (Å²) in [7, 11) is 0. The van der Waals surface area contributed by atoms with Crippen molar-refractivity contribution in [2.24, 2.45) is 0 Å². The van der Waals surface area contributed by atoms with Gasteiger partial charge in [0.15, 0.2) is 11.3 Å². The Kier molecular flexibility index (Phi) is 2.04. The van der Waals surface area contributed by atoms with Crippen LogP contribution in [0.5, 0.6) is 0 Å². The number of benzene rings is 1. The maximum absolute atomic E-state index is 11.2. The molecule has 0 bridgehead atoms. The Morgan fingerprint density at radius 3 is 2.73 bits per heavy atom. The molecule has 0 saturated carbocycles. The molecule has 0 unspecified atom stereocenters. The molecule has 76 valence electrons. The topological polar surface area (TPSA) is 66.1 Å². The number of nitrogens with one attached hydrogen (secondary N) is 1. The Morgan fingerprint density at radius 1 is 1.40 bits per heavy atom. The zero-order valence-electron chi connectivity index (χ0n) is 8.19. The first-order valence-corrected chi connectivity index (χ1v) is 4.51. The number of hydrogen-bond donors (Lipinski definition) is 2. The smallest absolute Gasteiger partial charge is 0.172 e. The molecule has 0 aliphatic rings. The molecule has 2 rings (SSSR count). The van der Waals surface area contributed by atoms with Crippen LogP contribution >= 0.6 is 0 Å². The molecule has 1 aromatic carbocycles. The van der Waals surface area contributed by atoms with Crippen LogP contribution in [0.25, 0.3) is 10.9 Å². The fraction of sp³-hybridized carbons (Fsp3) is 0.0909. The molecule has 0 amide bonds. The third kappa shape index (κ3) is 1.40. The third-order valence-corrected chi connectivity index (χ3v) is 2.31. The van der Waals surface area contributed by atoms with Gasteiger partial charge < -0.3 is 5.21 Å². The van der Waals surface area contributed by atoms with Crippen molar-refractivity contribution in [1.82, 2.24) is 4.73 Å². The Hall–Kier alpha value is -2.10. The fourth-order valence-electron chi connectivity index (χ4n) is 1.53. The van der Waals surface area contributed by atoms with Crippen LogP contribution in [0.4, 0.5) is 0 Å². The van der Waals surface area contributed by atoms with Gasteiger partial charge >= 0.3 is 0 Å². The maximum atomic E-state index is 11.2. The van der Waals surface area contributed by atoms with E-state index in [1.807, 2.05) is 6.07 Å². The van der Waals surface area contributed by atoms with Gasteiger partial charge in [-0.3, -0.25) is 10.2 Å². The number of aromatic nitrogens is 1. The average Bonchev–Trinajstić information content (AvgIpc) is 2.23. The van der Waals surface area contributed by atoms with E-state index in [1.54, 1.807) is 24.3 Å². The lowest BCUT2D eigenvalue weighted by molar-refractivity contribution is 0.100. The van der Waals surface area contributed by atoms with E-state index in [1.165, 1.54) is 6.92 Å². The monoisotopic (exact) mass is 202 g/mol. The lowest BCUT2D eigenvalue weighted by Crippen LogP contribution is -2.24. The number of rotatable bonds is 1. The van der Waals surface area contributed by atoms with Gasteiger partial charge in [0.2, 0.25) is 0 Å². The van der Waals surface area contributed by atoms with Gasteiger partial charge in [0.1, 0.15) is 0 Å². The molecule has 1 aromatic heterocycles. The van der Waals surface area contributed by atoms with E-state index >= 15 is 0 Å². The van der Waals surface area contributed by atoms with E-state index in [0.717, 1.165) is 10.1 Å². The van der Waals surface area contributed by atoms with E-state index < -0.39 is 0 Å². The number of nitrogens with zero attached hydrogens (tertiary/aromatic N) is 1. The van der Waals surface area contributed by atoms with E-state index in [9.17, 15) is 10.0 Å². The Balaban J connectivity index is 2.95. The van der Waals surface area contributed by atoms with Crippen LogP contribution in [-0.4, -0.2) is 15.7 Å². The lowest BCUT2D eigenvalue weighted by Gasteiger charge is -2.06. The van der Waals surface area contributed by atoms with Crippen molar-refractivity contribution in [3.63, 3.8) is 0 Å². The summed E-state index contributed by atoms with van der Waals surface area (Å²) in [6.45, 7) is 1.38. The van der Waals surface area contributed by atoms with Crippen molar-refractivity contribution in [2.75, 3.05) is 0 Å². The highest BCUT2D eigenvalue weighted by molar-refractivity contribution is 5.96. The molecule has 15 heavy (non-hydrogen) atoms. The van der Waals surface area contributed by atoms with Gasteiger partial charge in [0.25, 0.3) is 0 Å². The highest BCUT2D eigenvalue weighted by atomic mass is 16.5. The minimum Gasteiger partial charge on any atom is -0.426 e. The van der Waals surface area contributed by atoms with Crippen LogP contribution in [0.2, 0.25) is 0 Å². The largest absolute Gasteiger partial charge is 0.426 e. The molecule has 0 aliphatic heterocycles. The summed E-state index contributed by atoms with van der Waals surface area (Å²) in [5.74, 6) is -0.228. The third-order valence-electron chi connectivity index (χ3n) is 2.31. The minimum absolute atomic E-state index is 0.179. The predicted octanol–water partition coefficient (Wildman–Crippen LogP) is 1.56. The second kappa shape index (κ2) is 3.24. The molecular formula is C11H10N2O2. The molecule has 0 fully saturated rings. The Bertz CT molecular complexity index is 599. The van der Waals surface area contributed by atoms with Crippen LogP contribution in [0.1, 0.15) is 17.3 Å². The highest BCUT2D eigenvalue weighted by Gasteiger charge is 2.08. The summed E-state index contributed by atoms with van der Waals surface area (Å²) in [5, 5.41) is 18.0. The highest BCUT2D eigenvalue weighted by Crippen LogP contribution is 2.12. The number of pyridine rings is 1. The predicted molar refractivity (Wildman–Crippen MR) is 55.0 cm³/mol. The van der Waals surface area contributed by atoms with Crippen molar-refractivity contribution in [3.05, 3.63) is 41.4 Å². The summed E-state index contributed by atoms with van der Waals surface area (Å²) in [6, 6.07) is 8.68. The van der Waals surface area contributed by atoms with Gasteiger partial charge in [0, 0.05) is 5.39 Å². The number of ketones is 1. The summed E-state index contributed by atoms with van der Waals surface area (Å²) < 4.78 is 0.728. The molecule has 4 heteroatoms. The molecule has 1 heterocycles. The maximum Gasteiger partial charge on any atom is 0.172 e. The van der Waals surface area contributed by atoms with Crippen molar-refractivity contribution in [1.29, 1.82) is 5.41 Å². The average molecular weight is 202 g/mol. The molecule has 0 spiro atoms.